The first kappa shape index (κ1) is 20.4. The van der Waals surface area contributed by atoms with Crippen LogP contribution in [0.5, 0.6) is 0 Å². The number of fused-ring (bicyclic) bond motifs is 1. The number of hydrogen-bond acceptors (Lipinski definition) is 7. The molecule has 10 heteroatoms. The summed E-state index contributed by atoms with van der Waals surface area (Å²) in [6.45, 7) is 5.67. The number of rotatable bonds is 6. The summed E-state index contributed by atoms with van der Waals surface area (Å²) in [5.41, 5.74) is 0.867. The van der Waals surface area contributed by atoms with Crippen LogP contribution in [-0.4, -0.2) is 62.7 Å². The van der Waals surface area contributed by atoms with Gasteiger partial charge in [-0.3, -0.25) is 9.59 Å². The molecule has 1 atom stereocenters. The number of nitrogens with zero attached hydrogens (tertiary/aromatic N) is 5. The van der Waals surface area contributed by atoms with E-state index in [4.69, 9.17) is 4.74 Å². The van der Waals surface area contributed by atoms with Crippen molar-refractivity contribution in [1.29, 1.82) is 0 Å². The van der Waals surface area contributed by atoms with Crippen LogP contribution in [0.25, 0.3) is 10.1 Å². The van der Waals surface area contributed by atoms with Gasteiger partial charge in [-0.25, -0.2) is 4.68 Å². The Morgan fingerprint density at radius 3 is 2.93 bits per heavy atom. The van der Waals surface area contributed by atoms with E-state index < -0.39 is 0 Å². The lowest BCUT2D eigenvalue weighted by atomic mass is 10.0. The molecule has 1 N–H and O–H groups in total. The van der Waals surface area contributed by atoms with Crippen molar-refractivity contribution >= 4 is 33.2 Å². The molecule has 30 heavy (non-hydrogen) atoms. The van der Waals surface area contributed by atoms with Crippen LogP contribution >= 0.6 is 11.3 Å². The Kier molecular flexibility index (Phi) is 6.05. The third-order valence-corrected chi connectivity index (χ3v) is 6.13. The number of aromatic nitrogens is 4. The second kappa shape index (κ2) is 8.88. The van der Waals surface area contributed by atoms with Gasteiger partial charge in [0, 0.05) is 29.3 Å². The van der Waals surface area contributed by atoms with Crippen LogP contribution in [0.15, 0.2) is 30.6 Å². The Morgan fingerprint density at radius 2 is 2.17 bits per heavy atom. The lowest BCUT2D eigenvalue weighted by Gasteiger charge is -2.33. The molecule has 4 rings (SSSR count). The normalized spacial score (nSPS) is 16.9. The molecule has 0 radical (unpaired) electrons. The van der Waals surface area contributed by atoms with E-state index in [9.17, 15) is 9.59 Å². The molecule has 1 aliphatic heterocycles. The average molecular weight is 429 g/mol. The zero-order chi connectivity index (χ0) is 21.1. The van der Waals surface area contributed by atoms with Crippen LogP contribution in [0.4, 0.5) is 0 Å². The SMILES string of the molecule is CC(C)NC(=O)c1sc2ccccc2c1[C@@H]1CN(C(=O)CCn2cnnn2)CCO1. The number of aryl methyl sites for hydroxylation is 1. The van der Waals surface area contributed by atoms with Gasteiger partial charge >= 0.3 is 0 Å². The number of nitrogens with one attached hydrogen (secondary N) is 1. The number of amides is 2. The van der Waals surface area contributed by atoms with Gasteiger partial charge in [-0.05, 0) is 35.7 Å². The molecule has 1 saturated heterocycles. The zero-order valence-electron chi connectivity index (χ0n) is 16.9. The average Bonchev–Trinajstić information content (AvgIpc) is 3.39. The van der Waals surface area contributed by atoms with E-state index in [-0.39, 0.29) is 24.0 Å². The molecule has 3 heterocycles. The second-order valence-corrected chi connectivity index (χ2v) is 8.54. The third kappa shape index (κ3) is 4.34. The molecule has 1 aliphatic rings. The highest BCUT2D eigenvalue weighted by Crippen LogP contribution is 2.38. The molecule has 0 saturated carbocycles. The summed E-state index contributed by atoms with van der Waals surface area (Å²) in [6, 6.07) is 7.97. The standard InChI is InChI=1S/C20H24N6O3S/c1-13(2)22-20(28)19-18(14-5-3-4-6-16(14)30-19)15-11-25(9-10-29-15)17(27)7-8-26-12-21-23-24-26/h3-6,12-13,15H,7-11H2,1-2H3,(H,22,28)/t15-/m0/s1. The Hall–Kier alpha value is -2.85. The van der Waals surface area contributed by atoms with Gasteiger partial charge < -0.3 is 15.0 Å². The lowest BCUT2D eigenvalue weighted by Crippen LogP contribution is -2.43. The molecule has 3 aromatic rings. The number of ether oxygens (including phenoxy) is 1. The number of benzene rings is 1. The van der Waals surface area contributed by atoms with Crippen LogP contribution in [0.3, 0.4) is 0 Å². The maximum atomic E-state index is 12.9. The molecule has 0 spiro atoms. The summed E-state index contributed by atoms with van der Waals surface area (Å²) in [5, 5.41) is 15.0. The fourth-order valence-electron chi connectivity index (χ4n) is 3.58. The Balaban J connectivity index is 1.56. The van der Waals surface area contributed by atoms with Gasteiger partial charge in [0.1, 0.15) is 12.4 Å². The van der Waals surface area contributed by atoms with E-state index >= 15 is 0 Å². The van der Waals surface area contributed by atoms with Crippen molar-refractivity contribution in [1.82, 2.24) is 30.4 Å². The van der Waals surface area contributed by atoms with E-state index in [1.165, 1.54) is 22.3 Å². The predicted molar refractivity (Wildman–Crippen MR) is 112 cm³/mol. The van der Waals surface area contributed by atoms with E-state index in [0.717, 1.165) is 15.6 Å². The third-order valence-electron chi connectivity index (χ3n) is 4.95. The number of carbonyl (C=O) groups excluding carboxylic acids is 2. The summed E-state index contributed by atoms with van der Waals surface area (Å²) in [7, 11) is 0. The predicted octanol–water partition coefficient (Wildman–Crippen LogP) is 2.02. The second-order valence-electron chi connectivity index (χ2n) is 7.49. The van der Waals surface area contributed by atoms with Gasteiger partial charge in [0.2, 0.25) is 5.91 Å². The number of thiophene rings is 1. The zero-order valence-corrected chi connectivity index (χ0v) is 17.8. The Labute approximate surface area is 178 Å². The molecule has 0 aliphatic carbocycles. The number of tetrazole rings is 1. The van der Waals surface area contributed by atoms with Gasteiger partial charge in [0.25, 0.3) is 5.91 Å². The van der Waals surface area contributed by atoms with E-state index in [1.54, 1.807) is 4.90 Å². The minimum atomic E-state index is -0.347. The summed E-state index contributed by atoms with van der Waals surface area (Å²) in [4.78, 5) is 28.1. The lowest BCUT2D eigenvalue weighted by molar-refractivity contribution is -0.139. The highest BCUT2D eigenvalue weighted by molar-refractivity contribution is 7.21. The highest BCUT2D eigenvalue weighted by Gasteiger charge is 2.31. The molecule has 1 aromatic carbocycles. The van der Waals surface area contributed by atoms with Gasteiger partial charge in [-0.1, -0.05) is 18.2 Å². The van der Waals surface area contributed by atoms with Gasteiger partial charge in [0.15, 0.2) is 0 Å². The first-order valence-electron chi connectivity index (χ1n) is 9.95. The van der Waals surface area contributed by atoms with Crippen molar-refractivity contribution in [2.24, 2.45) is 0 Å². The smallest absolute Gasteiger partial charge is 0.261 e. The van der Waals surface area contributed by atoms with Crippen molar-refractivity contribution in [3.8, 4) is 0 Å². The Morgan fingerprint density at radius 1 is 1.33 bits per heavy atom. The largest absolute Gasteiger partial charge is 0.370 e. The molecular weight excluding hydrogens is 404 g/mol. The van der Waals surface area contributed by atoms with Gasteiger partial charge in [-0.15, -0.1) is 16.4 Å². The van der Waals surface area contributed by atoms with Crippen LogP contribution < -0.4 is 5.32 Å². The number of morpholine rings is 1. The van der Waals surface area contributed by atoms with Gasteiger partial charge in [-0.2, -0.15) is 0 Å². The van der Waals surface area contributed by atoms with E-state index in [2.05, 4.69) is 20.8 Å². The minimum Gasteiger partial charge on any atom is -0.370 e. The summed E-state index contributed by atoms with van der Waals surface area (Å²) < 4.78 is 8.62. The molecule has 9 nitrogen and oxygen atoms in total. The van der Waals surface area contributed by atoms with Crippen LogP contribution in [0.1, 0.15) is 41.6 Å². The van der Waals surface area contributed by atoms with E-state index in [0.29, 0.717) is 37.5 Å². The van der Waals surface area contributed by atoms with Crippen molar-refractivity contribution < 1.29 is 14.3 Å². The maximum Gasteiger partial charge on any atom is 0.261 e. The topological polar surface area (TPSA) is 102 Å². The molecule has 1 fully saturated rings. The highest BCUT2D eigenvalue weighted by atomic mass is 32.1. The maximum absolute atomic E-state index is 12.9. The summed E-state index contributed by atoms with van der Waals surface area (Å²) in [6.07, 6.45) is 1.45. The number of carbonyl (C=O) groups is 2. The Bertz CT molecular complexity index is 1030. The summed E-state index contributed by atoms with van der Waals surface area (Å²) >= 11 is 1.46. The van der Waals surface area contributed by atoms with Crippen molar-refractivity contribution in [2.45, 2.75) is 39.0 Å². The van der Waals surface area contributed by atoms with Crippen molar-refractivity contribution in [2.75, 3.05) is 19.7 Å². The molecule has 158 valence electrons. The van der Waals surface area contributed by atoms with Crippen LogP contribution in [-0.2, 0) is 16.1 Å². The summed E-state index contributed by atoms with van der Waals surface area (Å²) in [5.74, 6) is -0.0848. The van der Waals surface area contributed by atoms with Gasteiger partial charge in [0.05, 0.1) is 24.6 Å². The monoisotopic (exact) mass is 428 g/mol. The molecular formula is C20H24N6O3S. The van der Waals surface area contributed by atoms with Crippen LogP contribution in [0.2, 0.25) is 0 Å². The molecule has 0 unspecified atom stereocenters. The first-order chi connectivity index (χ1) is 14.5. The molecule has 2 aromatic heterocycles. The fraction of sp³-hybridized carbons (Fsp3) is 0.450. The van der Waals surface area contributed by atoms with Crippen molar-refractivity contribution in [3.05, 3.63) is 41.0 Å². The van der Waals surface area contributed by atoms with E-state index in [1.807, 2.05) is 38.1 Å². The van der Waals surface area contributed by atoms with Crippen molar-refractivity contribution in [3.63, 3.8) is 0 Å². The molecule has 0 bridgehead atoms. The quantitative estimate of drug-likeness (QED) is 0.644. The number of hydrogen-bond donors (Lipinski definition) is 1. The molecule has 2 amide bonds. The van der Waals surface area contributed by atoms with Crippen LogP contribution in [0, 0.1) is 0 Å². The first-order valence-corrected chi connectivity index (χ1v) is 10.8. The fourth-order valence-corrected chi connectivity index (χ4v) is 4.74. The minimum absolute atomic E-state index is 0.0199.